The zero-order valence-electron chi connectivity index (χ0n) is 20.1. The van der Waals surface area contributed by atoms with E-state index in [-0.39, 0.29) is 41.9 Å². The lowest BCUT2D eigenvalue weighted by molar-refractivity contribution is 0.0590. The van der Waals surface area contributed by atoms with Gasteiger partial charge in [-0.3, -0.25) is 19.3 Å². The minimum Gasteiger partial charge on any atom is -0.487 e. The molecule has 9 heteroatoms. The third-order valence-corrected chi connectivity index (χ3v) is 8.10. The molecule has 0 bridgehead atoms. The highest BCUT2D eigenvalue weighted by Crippen LogP contribution is 2.42. The molecule has 0 unspecified atom stereocenters. The average molecular weight is 487 g/mol. The highest BCUT2D eigenvalue weighted by Gasteiger charge is 2.35. The number of hydrogen-bond acceptors (Lipinski definition) is 6. The maximum Gasteiger partial charge on any atom is 0.263 e. The molecule has 0 atom stereocenters. The molecule has 34 heavy (non-hydrogen) atoms. The predicted octanol–water partition coefficient (Wildman–Crippen LogP) is 3.61. The minimum atomic E-state index is -3.95. The van der Waals surface area contributed by atoms with Crippen LogP contribution in [0, 0.1) is 20.8 Å². The van der Waals surface area contributed by atoms with Crippen LogP contribution >= 0.6 is 0 Å². The summed E-state index contributed by atoms with van der Waals surface area (Å²) in [7, 11) is -3.95. The lowest BCUT2D eigenvalue weighted by Crippen LogP contribution is -2.34. The summed E-state index contributed by atoms with van der Waals surface area (Å²) >= 11 is 0. The average Bonchev–Trinajstić information content (AvgIpc) is 3.01. The summed E-state index contributed by atoms with van der Waals surface area (Å²) in [6.45, 7) is 9.64. The van der Waals surface area contributed by atoms with Gasteiger partial charge in [-0.1, -0.05) is 17.0 Å². The summed E-state index contributed by atoms with van der Waals surface area (Å²) < 4.78 is 32.4. The van der Waals surface area contributed by atoms with E-state index in [0.717, 1.165) is 34.6 Å². The van der Waals surface area contributed by atoms with Crippen molar-refractivity contribution in [3.8, 4) is 5.75 Å². The van der Waals surface area contributed by atoms with Crippen LogP contribution in [0.1, 0.15) is 69.7 Å². The van der Waals surface area contributed by atoms with E-state index in [9.17, 15) is 18.0 Å². The quantitative estimate of drug-likeness (QED) is 0.364. The fourth-order valence-electron chi connectivity index (χ4n) is 4.65. The van der Waals surface area contributed by atoms with Gasteiger partial charge in [-0.15, -0.1) is 0 Å². The first-order valence-corrected chi connectivity index (χ1v) is 12.8. The van der Waals surface area contributed by atoms with E-state index in [0.29, 0.717) is 22.3 Å². The van der Waals surface area contributed by atoms with Gasteiger partial charge in [-0.25, -0.2) is 8.42 Å². The summed E-state index contributed by atoms with van der Waals surface area (Å²) in [6, 6.07) is 6.67. The molecule has 0 spiro atoms. The van der Waals surface area contributed by atoms with Crippen molar-refractivity contribution in [2.24, 2.45) is 0 Å². The van der Waals surface area contributed by atoms with Crippen molar-refractivity contribution in [1.29, 1.82) is 0 Å². The second-order valence-corrected chi connectivity index (χ2v) is 11.1. The van der Waals surface area contributed by atoms with Crippen LogP contribution in [0.2, 0.25) is 0 Å². The Morgan fingerprint density at radius 2 is 1.65 bits per heavy atom. The van der Waals surface area contributed by atoms with E-state index in [1.165, 1.54) is 0 Å². The van der Waals surface area contributed by atoms with Crippen molar-refractivity contribution in [1.82, 2.24) is 9.79 Å². The molecule has 0 fully saturated rings. The molecule has 0 radical (unpaired) electrons. The zero-order valence-corrected chi connectivity index (χ0v) is 21.0. The van der Waals surface area contributed by atoms with Crippen molar-refractivity contribution in [3.05, 3.63) is 57.6 Å². The molecule has 4 rings (SSSR count). The van der Waals surface area contributed by atoms with E-state index < -0.39 is 10.0 Å². The standard InChI is InChI=1S/C25H30N2O6S/c1-15-16(2)22(17(3)18-11-12-25(4,5)33-21(15)18)34(30,31)26-32-14-8-13-27-23(28)19-9-6-7-10-20(19)24(27)29/h6-7,9-10,26H,8,11-14H2,1-5H3. The molecule has 2 aromatic carbocycles. The van der Waals surface area contributed by atoms with Gasteiger partial charge in [0.25, 0.3) is 21.8 Å². The fourth-order valence-corrected chi connectivity index (χ4v) is 6.05. The summed E-state index contributed by atoms with van der Waals surface area (Å²) in [6.07, 6.45) is 1.82. The number of amides is 2. The van der Waals surface area contributed by atoms with Crippen molar-refractivity contribution < 1.29 is 27.6 Å². The third kappa shape index (κ3) is 4.23. The first kappa shape index (κ1) is 24.4. The van der Waals surface area contributed by atoms with Gasteiger partial charge in [0.15, 0.2) is 0 Å². The van der Waals surface area contributed by atoms with Crippen LogP contribution in [-0.4, -0.2) is 43.9 Å². The maximum absolute atomic E-state index is 13.1. The largest absolute Gasteiger partial charge is 0.487 e. The first-order valence-electron chi connectivity index (χ1n) is 11.3. The molecule has 2 aliphatic rings. The van der Waals surface area contributed by atoms with Crippen LogP contribution in [-0.2, 0) is 21.3 Å². The molecule has 0 aromatic heterocycles. The van der Waals surface area contributed by atoms with Gasteiger partial charge in [0, 0.05) is 6.54 Å². The second kappa shape index (κ2) is 8.79. The Balaban J connectivity index is 1.41. The van der Waals surface area contributed by atoms with Crippen LogP contribution < -0.4 is 9.62 Å². The topological polar surface area (TPSA) is 102 Å². The summed E-state index contributed by atoms with van der Waals surface area (Å²) in [4.78, 5) is 33.7. The number of sulfonamides is 1. The Bertz CT molecular complexity index is 1250. The van der Waals surface area contributed by atoms with Gasteiger partial charge in [0.2, 0.25) is 0 Å². The van der Waals surface area contributed by atoms with Crippen LogP contribution in [0.5, 0.6) is 5.75 Å². The van der Waals surface area contributed by atoms with E-state index in [2.05, 4.69) is 4.89 Å². The van der Waals surface area contributed by atoms with Crippen LogP contribution in [0.15, 0.2) is 29.2 Å². The smallest absolute Gasteiger partial charge is 0.263 e. The van der Waals surface area contributed by atoms with Gasteiger partial charge in [-0.2, -0.15) is 0 Å². The number of nitrogens with zero attached hydrogens (tertiary/aromatic N) is 1. The number of imide groups is 1. The lowest BCUT2D eigenvalue weighted by atomic mass is 9.88. The number of ether oxygens (including phenoxy) is 1. The van der Waals surface area contributed by atoms with Gasteiger partial charge < -0.3 is 4.74 Å². The van der Waals surface area contributed by atoms with Crippen molar-refractivity contribution in [3.63, 3.8) is 0 Å². The SMILES string of the molecule is Cc1c(C)c(S(=O)(=O)NOCCCN2C(=O)c3ccccc3C2=O)c(C)c2c1OC(C)(C)CC2. The Morgan fingerprint density at radius 3 is 2.26 bits per heavy atom. The molecule has 1 N–H and O–H groups in total. The summed E-state index contributed by atoms with van der Waals surface area (Å²) in [5, 5.41) is 0. The lowest BCUT2D eigenvalue weighted by Gasteiger charge is -2.35. The van der Waals surface area contributed by atoms with Crippen LogP contribution in [0.25, 0.3) is 0 Å². The van der Waals surface area contributed by atoms with E-state index in [1.807, 2.05) is 20.8 Å². The Morgan fingerprint density at radius 1 is 1.03 bits per heavy atom. The molecule has 2 heterocycles. The van der Waals surface area contributed by atoms with Crippen molar-refractivity contribution in [2.45, 2.75) is 64.4 Å². The summed E-state index contributed by atoms with van der Waals surface area (Å²) in [5.41, 5.74) is 3.47. The molecule has 8 nitrogen and oxygen atoms in total. The van der Waals surface area contributed by atoms with E-state index in [1.54, 1.807) is 38.1 Å². The van der Waals surface area contributed by atoms with Crippen LogP contribution in [0.4, 0.5) is 0 Å². The minimum absolute atomic E-state index is 0.00591. The molecule has 182 valence electrons. The molecule has 0 aliphatic carbocycles. The molecular weight excluding hydrogens is 456 g/mol. The molecule has 0 saturated carbocycles. The Kier molecular flexibility index (Phi) is 6.30. The summed E-state index contributed by atoms with van der Waals surface area (Å²) in [5.74, 6) is 0.0804. The highest BCUT2D eigenvalue weighted by molar-refractivity contribution is 7.89. The fraction of sp³-hybridized carbons (Fsp3) is 0.440. The van der Waals surface area contributed by atoms with Crippen molar-refractivity contribution >= 4 is 21.8 Å². The van der Waals surface area contributed by atoms with E-state index in [4.69, 9.17) is 9.57 Å². The van der Waals surface area contributed by atoms with Crippen LogP contribution in [0.3, 0.4) is 0 Å². The molecule has 2 amide bonds. The van der Waals surface area contributed by atoms with Gasteiger partial charge >= 0.3 is 0 Å². The zero-order chi connectivity index (χ0) is 24.8. The van der Waals surface area contributed by atoms with Crippen molar-refractivity contribution in [2.75, 3.05) is 13.2 Å². The Labute approximate surface area is 200 Å². The number of nitrogens with one attached hydrogen (secondary N) is 1. The maximum atomic E-state index is 13.1. The normalized spacial score (nSPS) is 16.9. The van der Waals surface area contributed by atoms with Gasteiger partial charge in [-0.05, 0) is 88.3 Å². The molecule has 2 aromatic rings. The molecule has 2 aliphatic heterocycles. The number of hydrogen-bond donors (Lipinski definition) is 1. The third-order valence-electron chi connectivity index (χ3n) is 6.61. The number of carbonyl (C=O) groups is 2. The Hall–Kier alpha value is -2.75. The number of rotatable bonds is 7. The van der Waals surface area contributed by atoms with Gasteiger partial charge in [0.05, 0.1) is 22.6 Å². The van der Waals surface area contributed by atoms with Gasteiger partial charge in [0.1, 0.15) is 11.4 Å². The number of carbonyl (C=O) groups excluding carboxylic acids is 2. The number of fused-ring (bicyclic) bond motifs is 2. The first-order chi connectivity index (χ1) is 15.9. The number of benzene rings is 2. The second-order valence-electron chi connectivity index (χ2n) is 9.47. The monoisotopic (exact) mass is 486 g/mol. The van der Waals surface area contributed by atoms with E-state index >= 15 is 0 Å². The molecular formula is C25H30N2O6S. The highest BCUT2D eigenvalue weighted by atomic mass is 32.2. The molecule has 0 saturated heterocycles. The predicted molar refractivity (Wildman–Crippen MR) is 126 cm³/mol.